The molecular formula is C16H19Cl2FeN3. The van der Waals surface area contributed by atoms with E-state index in [1.54, 1.807) is 13.3 Å². The van der Waals surface area contributed by atoms with Crippen molar-refractivity contribution in [1.82, 2.24) is 4.98 Å². The van der Waals surface area contributed by atoms with Crippen LogP contribution in [0.25, 0.3) is 0 Å². The summed E-state index contributed by atoms with van der Waals surface area (Å²) in [4.78, 5) is 11.8. The van der Waals surface area contributed by atoms with Crippen LogP contribution < -0.4 is 0 Å². The van der Waals surface area contributed by atoms with Gasteiger partial charge < -0.3 is 4.98 Å². The Hall–Kier alpha value is -1.06. The number of H-pyrrole nitrogens is 1. The molecule has 120 valence electrons. The van der Waals surface area contributed by atoms with Crippen molar-refractivity contribution in [3.63, 3.8) is 0 Å². The fourth-order valence-corrected chi connectivity index (χ4v) is 2.23. The molecular weight excluding hydrogens is 361 g/mol. The molecule has 0 saturated carbocycles. The van der Waals surface area contributed by atoms with Crippen LogP contribution in [0.4, 0.5) is 5.69 Å². The Labute approximate surface area is 146 Å². The first-order chi connectivity index (χ1) is 10.5. The molecule has 0 amide bonds. The van der Waals surface area contributed by atoms with Crippen molar-refractivity contribution in [2.45, 2.75) is 20.8 Å². The van der Waals surface area contributed by atoms with Gasteiger partial charge in [0.15, 0.2) is 0 Å². The summed E-state index contributed by atoms with van der Waals surface area (Å²) in [7, 11) is 11.3. The molecule has 0 atom stereocenters. The second-order valence-electron chi connectivity index (χ2n) is 4.81. The summed E-state index contributed by atoms with van der Waals surface area (Å²) >= 11 is 0.194. The number of nitrogens with zero attached hydrogens (tertiary/aromatic N) is 2. The van der Waals surface area contributed by atoms with Crippen molar-refractivity contribution in [3.05, 3.63) is 52.3 Å². The first-order valence-electron chi connectivity index (χ1n) is 6.60. The first kappa shape index (κ1) is 19.0. The second-order valence-corrected chi connectivity index (χ2v) is 6.64. The fourth-order valence-electron chi connectivity index (χ4n) is 2.23. The molecule has 1 heterocycles. The van der Waals surface area contributed by atoms with Crippen molar-refractivity contribution < 1.29 is 13.1 Å². The summed E-state index contributed by atoms with van der Waals surface area (Å²) in [5.41, 5.74) is 6.70. The Morgan fingerprint density at radius 1 is 1.00 bits per heavy atom. The van der Waals surface area contributed by atoms with E-state index in [1.807, 2.05) is 18.3 Å². The summed E-state index contributed by atoms with van der Waals surface area (Å²) < 4.78 is 0. The van der Waals surface area contributed by atoms with E-state index in [0.717, 1.165) is 17.1 Å². The molecule has 1 aromatic carbocycles. The minimum atomic E-state index is 0.194. The van der Waals surface area contributed by atoms with Crippen LogP contribution in [0.15, 0.2) is 34.3 Å². The molecule has 3 nitrogen and oxygen atoms in total. The number of aromatic nitrogens is 1. The van der Waals surface area contributed by atoms with Crippen molar-refractivity contribution in [2.75, 3.05) is 7.05 Å². The van der Waals surface area contributed by atoms with E-state index in [9.17, 15) is 0 Å². The number of benzene rings is 1. The van der Waals surface area contributed by atoms with Gasteiger partial charge in [0.05, 0.1) is 23.3 Å². The van der Waals surface area contributed by atoms with Gasteiger partial charge in [-0.25, -0.2) is 0 Å². The van der Waals surface area contributed by atoms with Gasteiger partial charge in [-0.3, -0.25) is 9.98 Å². The molecule has 0 fully saturated rings. The number of aromatic amines is 1. The van der Waals surface area contributed by atoms with E-state index in [4.69, 9.17) is 20.2 Å². The van der Waals surface area contributed by atoms with Crippen LogP contribution in [-0.4, -0.2) is 24.5 Å². The van der Waals surface area contributed by atoms with Crippen LogP contribution in [-0.2, 0) is 13.1 Å². The van der Waals surface area contributed by atoms with Crippen LogP contribution in [0.3, 0.4) is 0 Å². The molecule has 0 aliphatic carbocycles. The molecule has 22 heavy (non-hydrogen) atoms. The molecule has 0 radical (unpaired) electrons. The normalized spacial score (nSPS) is 11.2. The number of nitrogens with one attached hydrogen (secondary N) is 1. The Kier molecular flexibility index (Phi) is 8.51. The number of hydrogen-bond donors (Lipinski definition) is 1. The number of aryl methyl sites for hydroxylation is 3. The zero-order valence-electron chi connectivity index (χ0n) is 13.0. The third kappa shape index (κ3) is 5.97. The van der Waals surface area contributed by atoms with Crippen molar-refractivity contribution in [2.24, 2.45) is 9.98 Å². The number of hydrogen-bond acceptors (Lipinski definition) is 2. The molecule has 0 bridgehead atoms. The average Bonchev–Trinajstić information content (AvgIpc) is 2.86. The molecule has 0 saturated heterocycles. The SMILES string of the molecule is CN=Cc1ccc(C=Nc2c(C)cc(C)cc2C)[nH]1.[Cl][Fe][Cl]. The maximum atomic E-state index is 4.76. The Morgan fingerprint density at radius 2 is 1.50 bits per heavy atom. The van der Waals surface area contributed by atoms with Gasteiger partial charge in [-0.2, -0.15) is 0 Å². The summed E-state index contributed by atoms with van der Waals surface area (Å²) in [6.45, 7) is 6.29. The van der Waals surface area contributed by atoms with E-state index < -0.39 is 0 Å². The molecule has 2 aromatic rings. The van der Waals surface area contributed by atoms with Crippen LogP contribution >= 0.6 is 20.2 Å². The molecule has 6 heteroatoms. The van der Waals surface area contributed by atoms with E-state index in [1.165, 1.54) is 16.7 Å². The summed E-state index contributed by atoms with van der Waals surface area (Å²) in [5, 5.41) is 0. The number of rotatable bonds is 3. The molecule has 2 rings (SSSR count). The van der Waals surface area contributed by atoms with Gasteiger partial charge in [0.25, 0.3) is 0 Å². The molecule has 0 aliphatic rings. The van der Waals surface area contributed by atoms with E-state index in [0.29, 0.717) is 0 Å². The Balaban J connectivity index is 0.000000745. The first-order valence-corrected chi connectivity index (χ1v) is 9.64. The Morgan fingerprint density at radius 3 is 2.00 bits per heavy atom. The van der Waals surface area contributed by atoms with Gasteiger partial charge in [-0.1, -0.05) is 17.7 Å². The summed E-state index contributed by atoms with van der Waals surface area (Å²) in [6, 6.07) is 8.30. The van der Waals surface area contributed by atoms with E-state index in [2.05, 4.69) is 47.9 Å². The summed E-state index contributed by atoms with van der Waals surface area (Å²) in [5.74, 6) is 0. The maximum absolute atomic E-state index is 4.76. The van der Waals surface area contributed by atoms with Gasteiger partial charge in [-0.05, 0) is 44.0 Å². The molecule has 1 aromatic heterocycles. The van der Waals surface area contributed by atoms with Crippen molar-refractivity contribution >= 4 is 38.3 Å². The molecule has 0 spiro atoms. The standard InChI is InChI=1S/C16H19N3.2ClH.Fe/c1-11-7-12(2)16(13(3)8-11)18-10-15-6-5-14(19-15)9-17-4;;;/h5-10,19H,1-4H3;2*1H;/q;;;+2/p-2. The summed E-state index contributed by atoms with van der Waals surface area (Å²) in [6.07, 6.45) is 3.65. The van der Waals surface area contributed by atoms with Crippen LogP contribution in [0.1, 0.15) is 28.1 Å². The molecule has 0 aliphatic heterocycles. The quantitative estimate of drug-likeness (QED) is 0.568. The van der Waals surface area contributed by atoms with Gasteiger partial charge in [0, 0.05) is 13.3 Å². The molecule has 1 N–H and O–H groups in total. The number of aliphatic imine (C=N–C) groups is 2. The zero-order valence-corrected chi connectivity index (χ0v) is 15.6. The predicted octanol–water partition coefficient (Wildman–Crippen LogP) is 5.12. The third-order valence-electron chi connectivity index (χ3n) is 2.97. The van der Waals surface area contributed by atoms with Gasteiger partial charge in [0.2, 0.25) is 0 Å². The fraction of sp³-hybridized carbons (Fsp3) is 0.250. The monoisotopic (exact) mass is 379 g/mol. The third-order valence-corrected chi connectivity index (χ3v) is 2.97. The predicted molar refractivity (Wildman–Crippen MR) is 93.9 cm³/mol. The topological polar surface area (TPSA) is 40.5 Å². The van der Waals surface area contributed by atoms with Crippen LogP contribution in [0.2, 0.25) is 0 Å². The number of halogens is 2. The molecule has 0 unspecified atom stereocenters. The van der Waals surface area contributed by atoms with Gasteiger partial charge in [-0.15, -0.1) is 0 Å². The van der Waals surface area contributed by atoms with E-state index in [-0.39, 0.29) is 13.1 Å². The van der Waals surface area contributed by atoms with Crippen LogP contribution in [0, 0.1) is 20.8 Å². The van der Waals surface area contributed by atoms with Crippen molar-refractivity contribution in [3.8, 4) is 0 Å². The minimum absolute atomic E-state index is 0.194. The van der Waals surface area contributed by atoms with Crippen molar-refractivity contribution in [1.29, 1.82) is 0 Å². The van der Waals surface area contributed by atoms with Crippen LogP contribution in [0.5, 0.6) is 0 Å². The van der Waals surface area contributed by atoms with E-state index >= 15 is 0 Å². The van der Waals surface area contributed by atoms with Gasteiger partial charge >= 0.3 is 33.3 Å². The Bertz CT molecular complexity index is 640. The average molecular weight is 380 g/mol. The van der Waals surface area contributed by atoms with Gasteiger partial charge in [0.1, 0.15) is 0 Å². The second kappa shape index (κ2) is 9.86. The zero-order chi connectivity index (χ0) is 16.5.